The second-order valence-corrected chi connectivity index (χ2v) is 3.66. The van der Waals surface area contributed by atoms with Gasteiger partial charge in [0, 0.05) is 17.9 Å². The van der Waals surface area contributed by atoms with Crippen molar-refractivity contribution in [1.29, 1.82) is 0 Å². The van der Waals surface area contributed by atoms with Crippen molar-refractivity contribution >= 4 is 34.8 Å². The summed E-state index contributed by atoms with van der Waals surface area (Å²) in [5, 5.41) is 0.0939. The van der Waals surface area contributed by atoms with E-state index in [-0.39, 0.29) is 10.0 Å². The Kier molecular flexibility index (Phi) is 4.54. The van der Waals surface area contributed by atoms with Crippen LogP contribution in [0.5, 0.6) is 0 Å². The van der Waals surface area contributed by atoms with Gasteiger partial charge in [-0.1, -0.05) is 35.0 Å². The summed E-state index contributed by atoms with van der Waals surface area (Å²) in [6.45, 7) is 0. The van der Waals surface area contributed by atoms with Gasteiger partial charge in [-0.05, 0) is 12.1 Å². The molecule has 0 spiro atoms. The third-order valence-corrected chi connectivity index (χ3v) is 2.40. The quantitative estimate of drug-likeness (QED) is 0.400. The Balaban J connectivity index is 2.97. The van der Waals surface area contributed by atoms with E-state index in [1.807, 2.05) is 0 Å². The zero-order chi connectivity index (χ0) is 10.6. The van der Waals surface area contributed by atoms with Gasteiger partial charge in [0.05, 0.1) is 10.0 Å². The molecule has 74 valence electrons. The minimum atomic E-state index is -0.561. The molecule has 4 heteroatoms. The Morgan fingerprint density at radius 1 is 1.29 bits per heavy atom. The van der Waals surface area contributed by atoms with Gasteiger partial charge in [-0.3, -0.25) is 0 Å². The Morgan fingerprint density at radius 2 is 2.00 bits per heavy atom. The molecule has 0 amide bonds. The molecule has 1 rings (SSSR count). The standard InChI is InChI=1S/C10H6Cl3F/c11-4-2-1-3-7-5-8(12)10(13)9(14)6-7/h5-6H,2,4H2. The van der Waals surface area contributed by atoms with E-state index < -0.39 is 5.82 Å². The van der Waals surface area contributed by atoms with Crippen molar-refractivity contribution in [2.75, 3.05) is 5.88 Å². The average molecular weight is 252 g/mol. The summed E-state index contributed by atoms with van der Waals surface area (Å²) in [7, 11) is 0. The third-order valence-electron chi connectivity index (χ3n) is 1.44. The maximum absolute atomic E-state index is 13.0. The van der Waals surface area contributed by atoms with Crippen molar-refractivity contribution in [1.82, 2.24) is 0 Å². The second-order valence-electron chi connectivity index (χ2n) is 2.49. The van der Waals surface area contributed by atoms with E-state index in [1.165, 1.54) is 12.1 Å². The number of alkyl halides is 1. The molecule has 0 nitrogen and oxygen atoms in total. The summed E-state index contributed by atoms with van der Waals surface area (Å²) in [4.78, 5) is 0. The fourth-order valence-electron chi connectivity index (χ4n) is 0.839. The molecule has 0 radical (unpaired) electrons. The lowest BCUT2D eigenvalue weighted by molar-refractivity contribution is 0.628. The molecule has 0 heterocycles. The van der Waals surface area contributed by atoms with E-state index in [1.54, 1.807) is 0 Å². The van der Waals surface area contributed by atoms with Gasteiger partial charge in [0.2, 0.25) is 0 Å². The molecule has 0 aliphatic rings. The Bertz CT molecular complexity index is 367. The molecule has 0 atom stereocenters. The van der Waals surface area contributed by atoms with E-state index in [9.17, 15) is 4.39 Å². The van der Waals surface area contributed by atoms with E-state index in [4.69, 9.17) is 34.8 Å². The number of halogens is 4. The zero-order valence-electron chi connectivity index (χ0n) is 7.08. The van der Waals surface area contributed by atoms with Crippen molar-refractivity contribution in [3.8, 4) is 11.8 Å². The maximum atomic E-state index is 13.0. The van der Waals surface area contributed by atoms with Crippen LogP contribution >= 0.6 is 34.8 Å². The molecule has 0 bridgehead atoms. The lowest BCUT2D eigenvalue weighted by atomic mass is 10.2. The fourth-order valence-corrected chi connectivity index (χ4v) is 1.25. The topological polar surface area (TPSA) is 0 Å². The molecule has 0 N–H and O–H groups in total. The molecule has 0 aliphatic heterocycles. The molecule has 0 aromatic heterocycles. The predicted molar refractivity (Wildman–Crippen MR) is 58.6 cm³/mol. The predicted octanol–water partition coefficient (Wildman–Crippen LogP) is 4.11. The van der Waals surface area contributed by atoms with Gasteiger partial charge >= 0.3 is 0 Å². The smallest absolute Gasteiger partial charge is 0.144 e. The first kappa shape index (κ1) is 11.7. The van der Waals surface area contributed by atoms with Crippen molar-refractivity contribution in [3.63, 3.8) is 0 Å². The first-order chi connectivity index (χ1) is 6.65. The van der Waals surface area contributed by atoms with E-state index in [2.05, 4.69) is 11.8 Å². The normalized spacial score (nSPS) is 9.43. The average Bonchev–Trinajstić information content (AvgIpc) is 2.14. The van der Waals surface area contributed by atoms with E-state index in [0.717, 1.165) is 0 Å². The summed E-state index contributed by atoms with van der Waals surface area (Å²) in [5.41, 5.74) is 0.502. The van der Waals surface area contributed by atoms with Gasteiger partial charge < -0.3 is 0 Å². The van der Waals surface area contributed by atoms with Crippen LogP contribution in [0.25, 0.3) is 0 Å². The summed E-state index contributed by atoms with van der Waals surface area (Å²) in [6, 6.07) is 2.77. The highest BCUT2D eigenvalue weighted by Gasteiger charge is 2.05. The van der Waals surface area contributed by atoms with Gasteiger partial charge in [0.1, 0.15) is 5.82 Å². The lowest BCUT2D eigenvalue weighted by Crippen LogP contribution is -1.82. The van der Waals surface area contributed by atoms with Crippen LogP contribution in [0.4, 0.5) is 4.39 Å². The van der Waals surface area contributed by atoms with Crippen LogP contribution in [-0.2, 0) is 0 Å². The highest BCUT2D eigenvalue weighted by Crippen LogP contribution is 2.25. The minimum Gasteiger partial charge on any atom is -0.205 e. The Morgan fingerprint density at radius 3 is 2.57 bits per heavy atom. The van der Waals surface area contributed by atoms with Crippen molar-refractivity contribution in [2.24, 2.45) is 0 Å². The van der Waals surface area contributed by atoms with Gasteiger partial charge in [-0.2, -0.15) is 0 Å². The van der Waals surface area contributed by atoms with Crippen LogP contribution in [0.2, 0.25) is 10.0 Å². The van der Waals surface area contributed by atoms with E-state index in [0.29, 0.717) is 17.9 Å². The monoisotopic (exact) mass is 250 g/mol. The number of benzene rings is 1. The van der Waals surface area contributed by atoms with Crippen LogP contribution < -0.4 is 0 Å². The SMILES string of the molecule is Fc1cc(C#CCCCl)cc(Cl)c1Cl. The second kappa shape index (κ2) is 5.46. The Hall–Kier alpha value is -0.420. The van der Waals surface area contributed by atoms with Crippen LogP contribution in [0.3, 0.4) is 0 Å². The van der Waals surface area contributed by atoms with Crippen LogP contribution in [-0.4, -0.2) is 5.88 Å². The molecule has 0 aliphatic carbocycles. The molecule has 0 saturated heterocycles. The molecule has 1 aromatic rings. The molecular formula is C10H6Cl3F. The van der Waals surface area contributed by atoms with Gasteiger partial charge in [-0.25, -0.2) is 4.39 Å². The molecule has 0 fully saturated rings. The number of hydrogen-bond acceptors (Lipinski definition) is 0. The van der Waals surface area contributed by atoms with E-state index >= 15 is 0 Å². The fraction of sp³-hybridized carbons (Fsp3) is 0.200. The minimum absolute atomic E-state index is 0.0745. The molecule has 0 unspecified atom stereocenters. The number of hydrogen-bond donors (Lipinski definition) is 0. The van der Waals surface area contributed by atoms with Crippen molar-refractivity contribution in [3.05, 3.63) is 33.6 Å². The van der Waals surface area contributed by atoms with Gasteiger partial charge in [0.25, 0.3) is 0 Å². The summed E-state index contributed by atoms with van der Waals surface area (Å²) >= 11 is 16.6. The van der Waals surface area contributed by atoms with Crippen LogP contribution in [0.15, 0.2) is 12.1 Å². The third kappa shape index (κ3) is 3.06. The van der Waals surface area contributed by atoms with Crippen molar-refractivity contribution in [2.45, 2.75) is 6.42 Å². The molecule has 14 heavy (non-hydrogen) atoms. The largest absolute Gasteiger partial charge is 0.205 e. The van der Waals surface area contributed by atoms with Gasteiger partial charge in [0.15, 0.2) is 0 Å². The van der Waals surface area contributed by atoms with Crippen LogP contribution in [0, 0.1) is 17.7 Å². The van der Waals surface area contributed by atoms with Crippen LogP contribution in [0.1, 0.15) is 12.0 Å². The summed E-state index contributed by atoms with van der Waals surface area (Å²) in [5.74, 6) is 5.41. The summed E-state index contributed by atoms with van der Waals surface area (Å²) in [6.07, 6.45) is 0.559. The first-order valence-corrected chi connectivity index (χ1v) is 5.13. The number of rotatable bonds is 1. The van der Waals surface area contributed by atoms with Gasteiger partial charge in [-0.15, -0.1) is 11.6 Å². The Labute approximate surface area is 97.0 Å². The zero-order valence-corrected chi connectivity index (χ0v) is 9.35. The molecule has 1 aromatic carbocycles. The molecule has 0 saturated carbocycles. The highest BCUT2D eigenvalue weighted by molar-refractivity contribution is 6.42. The maximum Gasteiger partial charge on any atom is 0.144 e. The summed E-state index contributed by atoms with van der Waals surface area (Å²) < 4.78 is 13.0. The highest BCUT2D eigenvalue weighted by atomic mass is 35.5. The van der Waals surface area contributed by atoms with Crippen molar-refractivity contribution < 1.29 is 4.39 Å². The molecular weight excluding hydrogens is 245 g/mol. The first-order valence-electron chi connectivity index (χ1n) is 3.84. The lowest BCUT2D eigenvalue weighted by Gasteiger charge is -1.97.